The predicted octanol–water partition coefficient (Wildman–Crippen LogP) is 4.12. The van der Waals surface area contributed by atoms with E-state index in [2.05, 4.69) is 5.32 Å². The zero-order valence-electron chi connectivity index (χ0n) is 18.5. The molecular weight excluding hydrogens is 443 g/mol. The zero-order valence-corrected chi connectivity index (χ0v) is 18.5. The molecule has 0 spiro atoms. The summed E-state index contributed by atoms with van der Waals surface area (Å²) in [5.41, 5.74) is 3.24. The molecule has 1 aromatic heterocycles. The highest BCUT2D eigenvalue weighted by Gasteiger charge is 2.37. The van der Waals surface area contributed by atoms with Gasteiger partial charge in [0.1, 0.15) is 11.4 Å². The van der Waals surface area contributed by atoms with Crippen molar-refractivity contribution in [2.45, 2.75) is 20.8 Å². The summed E-state index contributed by atoms with van der Waals surface area (Å²) in [4.78, 5) is 49.3. The molecule has 0 saturated carbocycles. The SMILES string of the molecule is Cc1cc([N+](=O)[O-])ccc1-n1c(C)cc(C=C2C(=O)NC(=O)N(c3ccc(F)cc3)C2=O)c1C. The number of carbonyl (C=O) groups is 3. The van der Waals surface area contributed by atoms with Gasteiger partial charge in [0.05, 0.1) is 10.6 Å². The molecule has 9 nitrogen and oxygen atoms in total. The first-order valence-electron chi connectivity index (χ1n) is 10.2. The van der Waals surface area contributed by atoms with Crippen LogP contribution in [0.15, 0.2) is 54.1 Å². The maximum absolute atomic E-state index is 13.3. The second-order valence-corrected chi connectivity index (χ2v) is 7.82. The van der Waals surface area contributed by atoms with Gasteiger partial charge in [-0.15, -0.1) is 0 Å². The number of barbiturate groups is 1. The third kappa shape index (κ3) is 3.85. The number of nitrogens with one attached hydrogen (secondary N) is 1. The Bertz CT molecular complexity index is 1410. The zero-order chi connectivity index (χ0) is 24.7. The van der Waals surface area contributed by atoms with Gasteiger partial charge in [0.2, 0.25) is 0 Å². The van der Waals surface area contributed by atoms with Gasteiger partial charge < -0.3 is 4.57 Å². The molecule has 4 amide bonds. The first-order valence-corrected chi connectivity index (χ1v) is 10.2. The number of non-ortho nitro benzene ring substituents is 1. The van der Waals surface area contributed by atoms with Crippen LogP contribution in [0.2, 0.25) is 0 Å². The number of nitrogens with zero attached hydrogens (tertiary/aromatic N) is 3. The minimum Gasteiger partial charge on any atom is -0.318 e. The van der Waals surface area contributed by atoms with Crippen LogP contribution >= 0.6 is 0 Å². The number of nitro groups is 1. The Hall–Kier alpha value is -4.60. The number of urea groups is 1. The van der Waals surface area contributed by atoms with Gasteiger partial charge in [0, 0.05) is 29.2 Å². The lowest BCUT2D eigenvalue weighted by Crippen LogP contribution is -2.54. The number of nitro benzene ring substituents is 1. The summed E-state index contributed by atoms with van der Waals surface area (Å²) in [7, 11) is 0. The molecule has 1 fully saturated rings. The van der Waals surface area contributed by atoms with E-state index in [1.54, 1.807) is 26.0 Å². The van der Waals surface area contributed by atoms with E-state index in [-0.39, 0.29) is 16.9 Å². The van der Waals surface area contributed by atoms with E-state index in [0.717, 1.165) is 22.7 Å². The Morgan fingerprint density at radius 1 is 1.00 bits per heavy atom. The summed E-state index contributed by atoms with van der Waals surface area (Å²) in [6.07, 6.45) is 1.39. The van der Waals surface area contributed by atoms with Gasteiger partial charge in [0.25, 0.3) is 17.5 Å². The fraction of sp³-hybridized carbons (Fsp3) is 0.125. The van der Waals surface area contributed by atoms with E-state index < -0.39 is 28.6 Å². The molecule has 0 radical (unpaired) electrons. The average molecular weight is 462 g/mol. The topological polar surface area (TPSA) is 115 Å². The van der Waals surface area contributed by atoms with E-state index in [1.807, 2.05) is 11.5 Å². The summed E-state index contributed by atoms with van der Waals surface area (Å²) in [6.45, 7) is 5.37. The van der Waals surface area contributed by atoms with E-state index in [1.165, 1.54) is 30.3 Å². The second-order valence-electron chi connectivity index (χ2n) is 7.82. The van der Waals surface area contributed by atoms with Crippen LogP contribution in [0.4, 0.5) is 20.6 Å². The van der Waals surface area contributed by atoms with E-state index in [4.69, 9.17) is 0 Å². The first-order chi connectivity index (χ1) is 16.1. The number of hydrogen-bond acceptors (Lipinski definition) is 5. The van der Waals surface area contributed by atoms with Crippen molar-refractivity contribution in [3.05, 3.63) is 92.6 Å². The van der Waals surface area contributed by atoms with Crippen LogP contribution in [0.3, 0.4) is 0 Å². The van der Waals surface area contributed by atoms with E-state index in [0.29, 0.717) is 22.5 Å². The summed E-state index contributed by atoms with van der Waals surface area (Å²) < 4.78 is 15.1. The van der Waals surface area contributed by atoms with Gasteiger partial charge >= 0.3 is 6.03 Å². The van der Waals surface area contributed by atoms with Crippen molar-refractivity contribution in [3.8, 4) is 5.69 Å². The predicted molar refractivity (Wildman–Crippen MR) is 122 cm³/mol. The number of aryl methyl sites for hydroxylation is 2. The molecule has 34 heavy (non-hydrogen) atoms. The third-order valence-electron chi connectivity index (χ3n) is 5.59. The molecule has 2 aromatic carbocycles. The smallest absolute Gasteiger partial charge is 0.318 e. The third-order valence-corrected chi connectivity index (χ3v) is 5.59. The standard InChI is InChI=1S/C24H19FN4O5/c1-13-10-19(29(33)34)8-9-21(13)27-14(2)11-16(15(27)3)12-20-22(30)26-24(32)28(23(20)31)18-6-4-17(25)5-7-18/h4-12H,1-3H3,(H,26,30,32). The minimum atomic E-state index is -0.925. The van der Waals surface area contributed by atoms with Crippen molar-refractivity contribution in [1.29, 1.82) is 0 Å². The number of hydrogen-bond donors (Lipinski definition) is 1. The quantitative estimate of drug-likeness (QED) is 0.271. The fourth-order valence-corrected chi connectivity index (χ4v) is 3.95. The van der Waals surface area contributed by atoms with Crippen molar-refractivity contribution >= 4 is 35.3 Å². The van der Waals surface area contributed by atoms with Crippen molar-refractivity contribution in [2.75, 3.05) is 4.90 Å². The number of rotatable bonds is 4. The number of amides is 4. The number of benzene rings is 2. The number of anilines is 1. The molecule has 1 aliphatic rings. The van der Waals surface area contributed by atoms with Crippen LogP contribution in [0.1, 0.15) is 22.5 Å². The van der Waals surface area contributed by atoms with Crippen LogP contribution in [-0.4, -0.2) is 27.3 Å². The molecule has 10 heteroatoms. The molecule has 0 bridgehead atoms. The molecule has 0 atom stereocenters. The highest BCUT2D eigenvalue weighted by atomic mass is 19.1. The number of aromatic nitrogens is 1. The Morgan fingerprint density at radius 3 is 2.29 bits per heavy atom. The van der Waals surface area contributed by atoms with Crippen molar-refractivity contribution < 1.29 is 23.7 Å². The van der Waals surface area contributed by atoms with Crippen molar-refractivity contribution in [3.63, 3.8) is 0 Å². The van der Waals surface area contributed by atoms with Crippen LogP contribution in [0, 0.1) is 36.7 Å². The summed E-state index contributed by atoms with van der Waals surface area (Å²) >= 11 is 0. The van der Waals surface area contributed by atoms with Crippen LogP contribution in [-0.2, 0) is 9.59 Å². The van der Waals surface area contributed by atoms with Crippen LogP contribution < -0.4 is 10.2 Å². The minimum absolute atomic E-state index is 0.0268. The maximum Gasteiger partial charge on any atom is 0.335 e. The lowest BCUT2D eigenvalue weighted by Gasteiger charge is -2.26. The van der Waals surface area contributed by atoms with E-state index in [9.17, 15) is 28.9 Å². The highest BCUT2D eigenvalue weighted by Crippen LogP contribution is 2.28. The molecule has 172 valence electrons. The summed E-state index contributed by atoms with van der Waals surface area (Å²) in [6, 6.07) is 10.1. The number of halogens is 1. The monoisotopic (exact) mass is 462 g/mol. The van der Waals surface area contributed by atoms with Gasteiger partial charge in [-0.2, -0.15) is 0 Å². The van der Waals surface area contributed by atoms with Crippen LogP contribution in [0.5, 0.6) is 0 Å². The fourth-order valence-electron chi connectivity index (χ4n) is 3.95. The lowest BCUT2D eigenvalue weighted by atomic mass is 10.1. The molecule has 4 rings (SSSR count). The molecule has 0 aliphatic carbocycles. The molecule has 3 aromatic rings. The van der Waals surface area contributed by atoms with Gasteiger partial charge in [-0.3, -0.25) is 25.0 Å². The number of carbonyl (C=O) groups excluding carboxylic acids is 3. The average Bonchev–Trinajstić information content (AvgIpc) is 3.05. The van der Waals surface area contributed by atoms with Crippen molar-refractivity contribution in [2.24, 2.45) is 0 Å². The first kappa shape index (κ1) is 22.6. The second kappa shape index (κ2) is 8.39. The van der Waals surface area contributed by atoms with Gasteiger partial charge in [-0.25, -0.2) is 14.1 Å². The Morgan fingerprint density at radius 2 is 1.68 bits per heavy atom. The molecule has 2 heterocycles. The summed E-state index contributed by atoms with van der Waals surface area (Å²) in [5.74, 6) is -2.21. The van der Waals surface area contributed by atoms with Gasteiger partial charge in [0.15, 0.2) is 0 Å². The Balaban J connectivity index is 1.76. The molecular formula is C24H19FN4O5. The molecule has 0 unspecified atom stereocenters. The normalized spacial score (nSPS) is 15.1. The number of imide groups is 2. The molecule has 1 saturated heterocycles. The lowest BCUT2D eigenvalue weighted by molar-refractivity contribution is -0.384. The van der Waals surface area contributed by atoms with Gasteiger partial charge in [-0.1, -0.05) is 0 Å². The Kier molecular flexibility index (Phi) is 5.58. The Labute approximate surface area is 193 Å². The summed E-state index contributed by atoms with van der Waals surface area (Å²) in [5, 5.41) is 13.2. The van der Waals surface area contributed by atoms with Gasteiger partial charge in [-0.05, 0) is 74.4 Å². The largest absolute Gasteiger partial charge is 0.335 e. The molecule has 1 N–H and O–H groups in total. The van der Waals surface area contributed by atoms with Crippen molar-refractivity contribution in [1.82, 2.24) is 9.88 Å². The van der Waals surface area contributed by atoms with E-state index >= 15 is 0 Å². The maximum atomic E-state index is 13.3. The van der Waals surface area contributed by atoms with Crippen LogP contribution in [0.25, 0.3) is 11.8 Å². The highest BCUT2D eigenvalue weighted by molar-refractivity contribution is 6.39. The molecule has 1 aliphatic heterocycles.